The number of aromatic nitrogens is 3. The number of nitrogens with one attached hydrogen (secondary N) is 2. The van der Waals surface area contributed by atoms with Gasteiger partial charge < -0.3 is 15.2 Å². The zero-order chi connectivity index (χ0) is 22.2. The van der Waals surface area contributed by atoms with E-state index in [0.717, 1.165) is 10.6 Å². The van der Waals surface area contributed by atoms with Crippen LogP contribution in [0.5, 0.6) is 0 Å². The lowest BCUT2D eigenvalue weighted by atomic mass is 10.2. The highest BCUT2D eigenvalue weighted by Crippen LogP contribution is 2.21. The first-order valence-corrected chi connectivity index (χ1v) is 12.1. The van der Waals surface area contributed by atoms with Crippen LogP contribution >= 0.6 is 35.1 Å². The van der Waals surface area contributed by atoms with Crippen molar-refractivity contribution >= 4 is 52.6 Å². The summed E-state index contributed by atoms with van der Waals surface area (Å²) in [6.45, 7) is 2.82. The van der Waals surface area contributed by atoms with Gasteiger partial charge in [-0.1, -0.05) is 29.4 Å². The normalized spacial score (nSPS) is 10.7. The van der Waals surface area contributed by atoms with Crippen LogP contribution in [0.4, 0.5) is 5.69 Å². The summed E-state index contributed by atoms with van der Waals surface area (Å²) in [6.07, 6.45) is 1.99. The molecule has 10 heteroatoms. The third kappa shape index (κ3) is 6.49. The quantitative estimate of drug-likeness (QED) is 0.448. The first-order chi connectivity index (χ1) is 15.0. The topological polar surface area (TPSA) is 88.9 Å². The number of nitrogens with zero attached hydrogens (tertiary/aromatic N) is 3. The highest BCUT2D eigenvalue weighted by molar-refractivity contribution is 7.99. The maximum absolute atomic E-state index is 12.3. The van der Waals surface area contributed by atoms with Gasteiger partial charge in [0.15, 0.2) is 11.0 Å². The molecule has 31 heavy (non-hydrogen) atoms. The lowest BCUT2D eigenvalue weighted by Crippen LogP contribution is -2.24. The molecule has 1 aromatic heterocycles. The summed E-state index contributed by atoms with van der Waals surface area (Å²) in [5.41, 5.74) is 1.28. The number of hydrogen-bond donors (Lipinski definition) is 2. The maximum Gasteiger partial charge on any atom is 0.251 e. The molecule has 0 unspecified atom stereocenters. The van der Waals surface area contributed by atoms with Crippen molar-refractivity contribution in [1.82, 2.24) is 20.1 Å². The molecule has 2 N–H and O–H groups in total. The number of halogens is 1. The number of carbonyl (C=O) groups is 2. The Morgan fingerprint density at radius 3 is 2.61 bits per heavy atom. The molecule has 0 aliphatic heterocycles. The van der Waals surface area contributed by atoms with Crippen molar-refractivity contribution in [2.75, 3.05) is 17.3 Å². The third-order valence-electron chi connectivity index (χ3n) is 4.31. The van der Waals surface area contributed by atoms with Gasteiger partial charge in [-0.15, -0.1) is 22.0 Å². The molecular formula is C21H22ClN5O2S2. The van der Waals surface area contributed by atoms with Crippen molar-refractivity contribution in [1.29, 1.82) is 0 Å². The van der Waals surface area contributed by atoms with Crippen LogP contribution in [0, 0.1) is 0 Å². The summed E-state index contributed by atoms with van der Waals surface area (Å²) in [6, 6.07) is 14.4. The fourth-order valence-corrected chi connectivity index (χ4v) is 4.17. The highest BCUT2D eigenvalue weighted by Gasteiger charge is 2.14. The Morgan fingerprint density at radius 2 is 1.90 bits per heavy atom. The van der Waals surface area contributed by atoms with Crippen molar-refractivity contribution in [3.05, 3.63) is 64.9 Å². The van der Waals surface area contributed by atoms with E-state index in [1.807, 2.05) is 42.0 Å². The second-order valence-electron chi connectivity index (χ2n) is 6.40. The minimum absolute atomic E-state index is 0.119. The van der Waals surface area contributed by atoms with Gasteiger partial charge in [0.1, 0.15) is 0 Å². The molecule has 0 aliphatic rings. The van der Waals surface area contributed by atoms with Crippen LogP contribution in [0.2, 0.25) is 5.02 Å². The molecule has 0 saturated carbocycles. The minimum Gasteiger partial charge on any atom is -0.345 e. The predicted molar refractivity (Wildman–Crippen MR) is 126 cm³/mol. The molecule has 0 aliphatic carbocycles. The van der Waals surface area contributed by atoms with Crippen molar-refractivity contribution in [3.8, 4) is 0 Å². The molecule has 0 bridgehead atoms. The van der Waals surface area contributed by atoms with E-state index < -0.39 is 0 Å². The van der Waals surface area contributed by atoms with Gasteiger partial charge in [0.25, 0.3) is 5.91 Å². The van der Waals surface area contributed by atoms with Crippen molar-refractivity contribution in [3.63, 3.8) is 0 Å². The monoisotopic (exact) mass is 475 g/mol. The Hall–Kier alpha value is -2.49. The molecule has 0 atom stereocenters. The molecule has 162 valence electrons. The molecular weight excluding hydrogens is 454 g/mol. The lowest BCUT2D eigenvalue weighted by molar-refractivity contribution is -0.113. The minimum atomic E-state index is -0.219. The average Bonchev–Trinajstić information content (AvgIpc) is 3.18. The maximum atomic E-state index is 12.3. The molecule has 1 heterocycles. The zero-order valence-corrected chi connectivity index (χ0v) is 19.5. The second kappa shape index (κ2) is 11.2. The predicted octanol–water partition coefficient (Wildman–Crippen LogP) is 4.33. The van der Waals surface area contributed by atoms with Crippen LogP contribution in [0.1, 0.15) is 23.1 Å². The summed E-state index contributed by atoms with van der Waals surface area (Å²) in [5.74, 6) is 0.494. The van der Waals surface area contributed by atoms with Crippen LogP contribution in [-0.2, 0) is 17.9 Å². The Labute approximate surface area is 194 Å². The fourth-order valence-electron chi connectivity index (χ4n) is 2.76. The van der Waals surface area contributed by atoms with Crippen molar-refractivity contribution < 1.29 is 9.59 Å². The lowest BCUT2D eigenvalue weighted by Gasteiger charge is -2.09. The van der Waals surface area contributed by atoms with Gasteiger partial charge in [0, 0.05) is 27.7 Å². The first kappa shape index (κ1) is 23.2. The van der Waals surface area contributed by atoms with E-state index in [4.69, 9.17) is 11.6 Å². The number of thioether (sulfide) groups is 2. The number of carbonyl (C=O) groups excluding carboxylic acids is 2. The van der Waals surface area contributed by atoms with E-state index in [-0.39, 0.29) is 24.1 Å². The van der Waals surface area contributed by atoms with Crippen LogP contribution in [0.3, 0.4) is 0 Å². The fraction of sp³-hybridized carbons (Fsp3) is 0.238. The number of benzene rings is 2. The zero-order valence-electron chi connectivity index (χ0n) is 17.1. The molecule has 0 saturated heterocycles. The Balaban J connectivity index is 1.56. The van der Waals surface area contributed by atoms with E-state index in [1.54, 1.807) is 36.0 Å². The molecule has 3 rings (SSSR count). The highest BCUT2D eigenvalue weighted by atomic mass is 35.5. The van der Waals surface area contributed by atoms with Gasteiger partial charge in [0.2, 0.25) is 5.91 Å². The molecule has 0 spiro atoms. The second-order valence-corrected chi connectivity index (χ2v) is 8.66. The summed E-state index contributed by atoms with van der Waals surface area (Å²) in [4.78, 5) is 25.7. The summed E-state index contributed by atoms with van der Waals surface area (Å²) in [5, 5.41) is 15.3. The molecule has 0 radical (unpaired) electrons. The first-order valence-electron chi connectivity index (χ1n) is 9.52. The number of rotatable bonds is 9. The summed E-state index contributed by atoms with van der Waals surface area (Å²) in [7, 11) is 0. The van der Waals surface area contributed by atoms with E-state index in [0.29, 0.717) is 28.1 Å². The number of hydrogen-bond acceptors (Lipinski definition) is 6. The van der Waals surface area contributed by atoms with E-state index in [1.165, 1.54) is 11.8 Å². The molecule has 7 nitrogen and oxygen atoms in total. The van der Waals surface area contributed by atoms with Crippen molar-refractivity contribution in [2.45, 2.75) is 30.1 Å². The van der Waals surface area contributed by atoms with Crippen LogP contribution in [0.25, 0.3) is 0 Å². The molecule has 0 fully saturated rings. The SMILES string of the molecule is CCn1c(CNC(=O)c2ccc(Cl)cc2)nnc1SCC(=O)Nc1cccc(SC)c1. The van der Waals surface area contributed by atoms with Gasteiger partial charge >= 0.3 is 0 Å². The van der Waals surface area contributed by atoms with E-state index in [9.17, 15) is 9.59 Å². The Kier molecular flexibility index (Phi) is 8.39. The van der Waals surface area contributed by atoms with Crippen LogP contribution in [0.15, 0.2) is 58.6 Å². The molecule has 3 aromatic rings. The standard InChI is InChI=1S/C21H22ClN5O2S2/c1-3-27-18(12-23-20(29)14-7-9-15(22)10-8-14)25-26-21(27)31-13-19(28)24-16-5-4-6-17(11-16)30-2/h4-11H,3,12-13H2,1-2H3,(H,23,29)(H,24,28). The van der Waals surface area contributed by atoms with Gasteiger partial charge in [-0.05, 0) is 55.6 Å². The van der Waals surface area contributed by atoms with Crippen molar-refractivity contribution in [2.24, 2.45) is 0 Å². The van der Waals surface area contributed by atoms with Gasteiger partial charge in [0.05, 0.1) is 12.3 Å². The summed E-state index contributed by atoms with van der Waals surface area (Å²) >= 11 is 8.78. The third-order valence-corrected chi connectivity index (χ3v) is 6.25. The van der Waals surface area contributed by atoms with Crippen LogP contribution in [-0.4, -0.2) is 38.6 Å². The van der Waals surface area contributed by atoms with Gasteiger partial charge in [-0.2, -0.15) is 0 Å². The Morgan fingerprint density at radius 1 is 1.13 bits per heavy atom. The number of anilines is 1. The van der Waals surface area contributed by atoms with Crippen LogP contribution < -0.4 is 10.6 Å². The number of amides is 2. The largest absolute Gasteiger partial charge is 0.345 e. The average molecular weight is 476 g/mol. The molecule has 2 amide bonds. The summed E-state index contributed by atoms with van der Waals surface area (Å²) < 4.78 is 1.88. The van der Waals surface area contributed by atoms with E-state index >= 15 is 0 Å². The molecule has 2 aromatic carbocycles. The van der Waals surface area contributed by atoms with Gasteiger partial charge in [-0.25, -0.2) is 0 Å². The van der Waals surface area contributed by atoms with Gasteiger partial charge in [-0.3, -0.25) is 9.59 Å². The van der Waals surface area contributed by atoms with E-state index in [2.05, 4.69) is 20.8 Å². The smallest absolute Gasteiger partial charge is 0.251 e. The Bertz CT molecular complexity index is 1060.